The molecule has 1 aliphatic rings. The molecule has 0 aromatic heterocycles. The molecular weight excluding hydrogens is 522 g/mol. The molecule has 3 aromatic rings. The summed E-state index contributed by atoms with van der Waals surface area (Å²) in [4.78, 5) is 13.0. The first kappa shape index (κ1) is 26.2. The highest BCUT2D eigenvalue weighted by atomic mass is 35.5. The summed E-state index contributed by atoms with van der Waals surface area (Å²) in [5, 5.41) is 3.17. The van der Waals surface area contributed by atoms with Gasteiger partial charge in [0.15, 0.2) is 0 Å². The second kappa shape index (κ2) is 10.6. The summed E-state index contributed by atoms with van der Waals surface area (Å²) in [7, 11) is -5.91. The van der Waals surface area contributed by atoms with Crippen LogP contribution >= 0.6 is 11.6 Å². The fraction of sp³-hybridized carbons (Fsp3) is 0.240. The molecule has 1 amide bonds. The number of sulfonamides is 2. The van der Waals surface area contributed by atoms with Crippen LogP contribution in [0.3, 0.4) is 0 Å². The summed E-state index contributed by atoms with van der Waals surface area (Å²) < 4.78 is 53.9. The summed E-state index contributed by atoms with van der Waals surface area (Å²) in [5.74, 6) is -0.406. The van der Waals surface area contributed by atoms with Gasteiger partial charge in [-0.1, -0.05) is 18.0 Å². The van der Waals surface area contributed by atoms with Gasteiger partial charge < -0.3 is 5.32 Å². The van der Waals surface area contributed by atoms with Gasteiger partial charge in [-0.25, -0.2) is 16.8 Å². The van der Waals surface area contributed by atoms with Crippen molar-refractivity contribution in [1.82, 2.24) is 4.31 Å². The van der Waals surface area contributed by atoms with Crippen molar-refractivity contribution in [3.63, 3.8) is 0 Å². The van der Waals surface area contributed by atoms with Crippen LogP contribution in [0.4, 0.5) is 11.4 Å². The molecule has 0 spiro atoms. The molecule has 3 aromatic carbocycles. The Labute approximate surface area is 216 Å². The van der Waals surface area contributed by atoms with E-state index in [0.717, 1.165) is 23.6 Å². The molecule has 4 rings (SSSR count). The van der Waals surface area contributed by atoms with Crippen LogP contribution in [0.15, 0.2) is 82.6 Å². The fourth-order valence-electron chi connectivity index (χ4n) is 3.89. The van der Waals surface area contributed by atoms with Crippen molar-refractivity contribution in [3.05, 3.63) is 83.4 Å². The number of carbonyl (C=O) groups excluding carboxylic acids is 1. The molecule has 1 heterocycles. The molecule has 0 unspecified atom stereocenters. The molecule has 1 fully saturated rings. The summed E-state index contributed by atoms with van der Waals surface area (Å²) in [6, 6.07) is 18.1. The van der Waals surface area contributed by atoms with Crippen molar-refractivity contribution in [1.29, 1.82) is 0 Å². The Kier molecular flexibility index (Phi) is 7.70. The molecule has 1 saturated heterocycles. The summed E-state index contributed by atoms with van der Waals surface area (Å²) in [5.41, 5.74) is 1.15. The van der Waals surface area contributed by atoms with E-state index >= 15 is 0 Å². The predicted molar refractivity (Wildman–Crippen MR) is 140 cm³/mol. The van der Waals surface area contributed by atoms with E-state index in [9.17, 15) is 21.6 Å². The number of hydrogen-bond donors (Lipinski definition) is 1. The monoisotopic (exact) mass is 547 g/mol. The third-order valence-electron chi connectivity index (χ3n) is 6.03. The Hall–Kier alpha value is -2.92. The Balaban J connectivity index is 1.43. The Bertz CT molecular complexity index is 1440. The number of piperidine rings is 1. The molecule has 1 aliphatic heterocycles. The number of nitrogens with zero attached hydrogens (tertiary/aromatic N) is 2. The highest BCUT2D eigenvalue weighted by Crippen LogP contribution is 2.25. The predicted octanol–water partition coefficient (Wildman–Crippen LogP) is 4.59. The van der Waals surface area contributed by atoms with E-state index in [1.165, 1.54) is 72.0 Å². The molecule has 0 atom stereocenters. The first-order valence-electron chi connectivity index (χ1n) is 11.4. The van der Waals surface area contributed by atoms with Crippen molar-refractivity contribution in [3.8, 4) is 0 Å². The van der Waals surface area contributed by atoms with Crippen LogP contribution in [-0.2, 0) is 20.0 Å². The minimum absolute atomic E-state index is 0.0990. The number of halogens is 1. The van der Waals surface area contributed by atoms with Gasteiger partial charge in [0.1, 0.15) is 0 Å². The molecular formula is C25H26ClN3O5S2. The number of nitrogens with one attached hydrogen (secondary N) is 1. The van der Waals surface area contributed by atoms with Crippen molar-refractivity contribution in [2.75, 3.05) is 29.8 Å². The molecule has 8 nitrogen and oxygen atoms in total. The highest BCUT2D eigenvalue weighted by molar-refractivity contribution is 7.92. The van der Waals surface area contributed by atoms with Gasteiger partial charge in [0.25, 0.3) is 15.9 Å². The lowest BCUT2D eigenvalue weighted by atomic mass is 10.2. The average Bonchev–Trinajstić information content (AvgIpc) is 2.89. The minimum atomic E-state index is -3.79. The van der Waals surface area contributed by atoms with Crippen molar-refractivity contribution in [2.24, 2.45) is 0 Å². The van der Waals surface area contributed by atoms with Crippen molar-refractivity contribution >= 4 is 48.9 Å². The standard InChI is InChI=1S/C25H26ClN3O5S2/c1-28(35(31,32)23-13-7-20(26)8-14-23)22-11-5-19(6-12-22)25(30)27-21-9-15-24(16-10-21)36(33,34)29-17-3-2-4-18-29/h5-16H,2-4,17-18H2,1H3,(H,27,30). The maximum atomic E-state index is 12.9. The molecule has 0 aliphatic carbocycles. The first-order valence-corrected chi connectivity index (χ1v) is 14.6. The minimum Gasteiger partial charge on any atom is -0.322 e. The van der Waals surface area contributed by atoms with Gasteiger partial charge >= 0.3 is 0 Å². The van der Waals surface area contributed by atoms with E-state index in [4.69, 9.17) is 11.6 Å². The number of hydrogen-bond acceptors (Lipinski definition) is 5. The van der Waals surface area contributed by atoms with Gasteiger partial charge in [0.05, 0.1) is 15.5 Å². The largest absolute Gasteiger partial charge is 0.322 e. The zero-order valence-electron chi connectivity index (χ0n) is 19.6. The molecule has 0 radical (unpaired) electrons. The van der Waals surface area contributed by atoms with Gasteiger partial charge in [-0.05, 0) is 85.6 Å². The Morgan fingerprint density at radius 2 is 1.36 bits per heavy atom. The molecule has 11 heteroatoms. The maximum absolute atomic E-state index is 12.9. The lowest BCUT2D eigenvalue weighted by Gasteiger charge is -2.25. The molecule has 0 saturated carbocycles. The van der Waals surface area contributed by atoms with E-state index in [1.807, 2.05) is 0 Å². The number of anilines is 2. The lowest BCUT2D eigenvalue weighted by Crippen LogP contribution is -2.35. The van der Waals surface area contributed by atoms with Crippen LogP contribution in [0.1, 0.15) is 29.6 Å². The molecule has 1 N–H and O–H groups in total. The lowest BCUT2D eigenvalue weighted by molar-refractivity contribution is 0.102. The Morgan fingerprint density at radius 1 is 0.806 bits per heavy atom. The number of carbonyl (C=O) groups is 1. The summed E-state index contributed by atoms with van der Waals surface area (Å²) in [6.45, 7) is 1.04. The van der Waals surface area contributed by atoms with Crippen LogP contribution < -0.4 is 9.62 Å². The van der Waals surface area contributed by atoms with Crippen LogP contribution in [0.2, 0.25) is 5.02 Å². The van der Waals surface area contributed by atoms with Gasteiger partial charge in [0.2, 0.25) is 10.0 Å². The average molecular weight is 548 g/mol. The van der Waals surface area contributed by atoms with Crippen LogP contribution in [0.25, 0.3) is 0 Å². The normalized spacial score (nSPS) is 14.8. The zero-order valence-corrected chi connectivity index (χ0v) is 22.0. The van der Waals surface area contributed by atoms with E-state index in [-0.39, 0.29) is 9.79 Å². The zero-order chi connectivity index (χ0) is 25.9. The quantitative estimate of drug-likeness (QED) is 0.466. The second-order valence-electron chi connectivity index (χ2n) is 8.42. The summed E-state index contributed by atoms with van der Waals surface area (Å²) in [6.07, 6.45) is 2.75. The van der Waals surface area contributed by atoms with E-state index < -0.39 is 26.0 Å². The molecule has 190 valence electrons. The topological polar surface area (TPSA) is 104 Å². The van der Waals surface area contributed by atoms with Gasteiger partial charge in [-0.2, -0.15) is 4.31 Å². The van der Waals surface area contributed by atoms with E-state index in [2.05, 4.69) is 5.32 Å². The third kappa shape index (κ3) is 5.57. The number of amides is 1. The van der Waals surface area contributed by atoms with Crippen LogP contribution in [0.5, 0.6) is 0 Å². The van der Waals surface area contributed by atoms with Crippen molar-refractivity contribution in [2.45, 2.75) is 29.1 Å². The van der Waals surface area contributed by atoms with Crippen molar-refractivity contribution < 1.29 is 21.6 Å². The maximum Gasteiger partial charge on any atom is 0.264 e. The summed E-state index contributed by atoms with van der Waals surface area (Å²) >= 11 is 5.85. The fourth-order valence-corrected chi connectivity index (χ4v) is 6.73. The van der Waals surface area contributed by atoms with Crippen LogP contribution in [0, 0.1) is 0 Å². The first-order chi connectivity index (χ1) is 17.1. The number of rotatable bonds is 7. The van der Waals surface area contributed by atoms with Crippen LogP contribution in [-0.4, -0.2) is 47.2 Å². The SMILES string of the molecule is CN(c1ccc(C(=O)Nc2ccc(S(=O)(=O)N3CCCCC3)cc2)cc1)S(=O)(=O)c1ccc(Cl)cc1. The smallest absolute Gasteiger partial charge is 0.264 e. The second-order valence-corrected chi connectivity index (χ2v) is 12.8. The van der Waals surface area contributed by atoms with E-state index in [0.29, 0.717) is 35.1 Å². The third-order valence-corrected chi connectivity index (χ3v) is 9.99. The molecule has 36 heavy (non-hydrogen) atoms. The number of benzene rings is 3. The Morgan fingerprint density at radius 3 is 1.94 bits per heavy atom. The van der Waals surface area contributed by atoms with Gasteiger partial charge in [-0.15, -0.1) is 0 Å². The highest BCUT2D eigenvalue weighted by Gasteiger charge is 2.26. The van der Waals surface area contributed by atoms with E-state index in [1.54, 1.807) is 12.1 Å². The molecule has 0 bridgehead atoms. The van der Waals surface area contributed by atoms with Gasteiger partial charge in [-0.3, -0.25) is 9.10 Å². The van der Waals surface area contributed by atoms with Gasteiger partial charge in [0, 0.05) is 36.4 Å².